The van der Waals surface area contributed by atoms with Gasteiger partial charge in [-0.05, 0) is 37.6 Å². The van der Waals surface area contributed by atoms with Crippen LogP contribution in [0.25, 0.3) is 0 Å². The summed E-state index contributed by atoms with van der Waals surface area (Å²) in [5.74, 6) is 0.479. The van der Waals surface area contributed by atoms with Crippen molar-refractivity contribution in [2.75, 3.05) is 20.2 Å². The zero-order chi connectivity index (χ0) is 12.3. The van der Waals surface area contributed by atoms with Crippen molar-refractivity contribution in [1.29, 1.82) is 0 Å². The highest BCUT2D eigenvalue weighted by atomic mass is 35.5. The molecule has 0 amide bonds. The molecule has 1 aliphatic heterocycles. The Hall–Kier alpha value is -0.280. The van der Waals surface area contributed by atoms with Crippen molar-refractivity contribution >= 4 is 23.2 Å². The van der Waals surface area contributed by atoms with Gasteiger partial charge in [0.05, 0.1) is 6.10 Å². The Kier molecular flexibility index (Phi) is 4.69. The van der Waals surface area contributed by atoms with Gasteiger partial charge in [-0.15, -0.1) is 0 Å². The maximum atomic E-state index is 6.24. The van der Waals surface area contributed by atoms with E-state index in [1.54, 1.807) is 6.07 Å². The molecule has 0 aromatic heterocycles. The number of benzene rings is 1. The third-order valence-electron chi connectivity index (χ3n) is 3.18. The highest BCUT2D eigenvalue weighted by Gasteiger charge is 2.28. The molecular formula is C13H17Cl2NO. The van der Waals surface area contributed by atoms with Gasteiger partial charge in [0, 0.05) is 29.1 Å². The van der Waals surface area contributed by atoms with Gasteiger partial charge < -0.3 is 10.1 Å². The minimum Gasteiger partial charge on any atom is -0.373 e. The first-order chi connectivity index (χ1) is 8.22. The highest BCUT2D eigenvalue weighted by Crippen LogP contribution is 2.37. The second-order valence-corrected chi connectivity index (χ2v) is 5.26. The van der Waals surface area contributed by atoms with Crippen LogP contribution in [-0.2, 0) is 4.74 Å². The zero-order valence-electron chi connectivity index (χ0n) is 9.88. The van der Waals surface area contributed by atoms with Crippen LogP contribution in [0, 0.1) is 5.92 Å². The third-order valence-corrected chi connectivity index (χ3v) is 3.74. The van der Waals surface area contributed by atoms with Crippen LogP contribution < -0.4 is 5.32 Å². The molecule has 1 N–H and O–H groups in total. The standard InChI is InChI=1S/C13H17Cl2NO/c1-16-8-9-3-2-6-17-13(9)11-5-4-10(14)7-12(11)15/h4-5,7,9,13,16H,2-3,6,8H2,1H3. The molecule has 2 unspecified atom stereocenters. The summed E-state index contributed by atoms with van der Waals surface area (Å²) in [7, 11) is 1.97. The summed E-state index contributed by atoms with van der Waals surface area (Å²) in [6, 6.07) is 5.63. The van der Waals surface area contributed by atoms with Gasteiger partial charge in [0.1, 0.15) is 0 Å². The molecule has 2 rings (SSSR count). The van der Waals surface area contributed by atoms with Gasteiger partial charge in [0.2, 0.25) is 0 Å². The first-order valence-corrected chi connectivity index (χ1v) is 6.69. The molecule has 1 heterocycles. The van der Waals surface area contributed by atoms with E-state index in [0.717, 1.165) is 25.1 Å². The lowest BCUT2D eigenvalue weighted by Crippen LogP contribution is -2.30. The van der Waals surface area contributed by atoms with Gasteiger partial charge in [-0.2, -0.15) is 0 Å². The Labute approximate surface area is 112 Å². The SMILES string of the molecule is CNCC1CCCOC1c1ccc(Cl)cc1Cl. The number of ether oxygens (including phenoxy) is 1. The summed E-state index contributed by atoms with van der Waals surface area (Å²) in [6.45, 7) is 1.76. The Morgan fingerprint density at radius 3 is 2.94 bits per heavy atom. The average molecular weight is 274 g/mol. The molecule has 1 fully saturated rings. The van der Waals surface area contributed by atoms with Gasteiger partial charge in [-0.25, -0.2) is 0 Å². The monoisotopic (exact) mass is 273 g/mol. The summed E-state index contributed by atoms with van der Waals surface area (Å²) in [4.78, 5) is 0. The van der Waals surface area contributed by atoms with Crippen molar-refractivity contribution in [3.63, 3.8) is 0 Å². The van der Waals surface area contributed by atoms with E-state index in [9.17, 15) is 0 Å². The number of hydrogen-bond acceptors (Lipinski definition) is 2. The molecule has 2 nitrogen and oxygen atoms in total. The molecule has 17 heavy (non-hydrogen) atoms. The number of halogens is 2. The Balaban J connectivity index is 2.23. The average Bonchev–Trinajstić information content (AvgIpc) is 2.31. The van der Waals surface area contributed by atoms with Crippen molar-refractivity contribution in [2.24, 2.45) is 5.92 Å². The van der Waals surface area contributed by atoms with Crippen LogP contribution in [0.15, 0.2) is 18.2 Å². The summed E-state index contributed by atoms with van der Waals surface area (Å²) < 4.78 is 5.88. The molecule has 0 spiro atoms. The van der Waals surface area contributed by atoms with E-state index in [4.69, 9.17) is 27.9 Å². The Morgan fingerprint density at radius 1 is 1.41 bits per heavy atom. The van der Waals surface area contributed by atoms with Crippen molar-refractivity contribution in [3.05, 3.63) is 33.8 Å². The first kappa shape index (κ1) is 13.2. The van der Waals surface area contributed by atoms with Gasteiger partial charge in [-0.3, -0.25) is 0 Å². The summed E-state index contributed by atoms with van der Waals surface area (Å²) in [6.07, 6.45) is 2.37. The van der Waals surface area contributed by atoms with Crippen LogP contribution in [0.3, 0.4) is 0 Å². The number of rotatable bonds is 3. The van der Waals surface area contributed by atoms with Crippen LogP contribution in [-0.4, -0.2) is 20.2 Å². The fourth-order valence-electron chi connectivity index (χ4n) is 2.39. The fourth-order valence-corrected chi connectivity index (χ4v) is 2.91. The Bertz CT molecular complexity index is 382. The molecule has 1 aromatic carbocycles. The quantitative estimate of drug-likeness (QED) is 0.907. The van der Waals surface area contributed by atoms with E-state index in [1.165, 1.54) is 6.42 Å². The second-order valence-electron chi connectivity index (χ2n) is 4.42. The maximum Gasteiger partial charge on any atom is 0.0879 e. The molecule has 0 saturated carbocycles. The van der Waals surface area contributed by atoms with Gasteiger partial charge in [0.25, 0.3) is 0 Å². The normalized spacial score (nSPS) is 24.9. The zero-order valence-corrected chi connectivity index (χ0v) is 11.4. The largest absolute Gasteiger partial charge is 0.373 e. The minimum absolute atomic E-state index is 0.0842. The Morgan fingerprint density at radius 2 is 2.24 bits per heavy atom. The molecule has 0 radical (unpaired) electrons. The summed E-state index contributed by atoms with van der Waals surface area (Å²) in [5, 5.41) is 4.58. The smallest absolute Gasteiger partial charge is 0.0879 e. The van der Waals surface area contributed by atoms with Gasteiger partial charge in [0.15, 0.2) is 0 Å². The predicted molar refractivity (Wildman–Crippen MR) is 71.8 cm³/mol. The van der Waals surface area contributed by atoms with Crippen LogP contribution in [0.1, 0.15) is 24.5 Å². The van der Waals surface area contributed by atoms with E-state index in [2.05, 4.69) is 5.32 Å². The number of nitrogens with one attached hydrogen (secondary N) is 1. The predicted octanol–water partition coefficient (Wildman–Crippen LogP) is 3.68. The molecule has 1 aliphatic rings. The van der Waals surface area contributed by atoms with E-state index >= 15 is 0 Å². The van der Waals surface area contributed by atoms with Crippen molar-refractivity contribution in [2.45, 2.75) is 18.9 Å². The molecular weight excluding hydrogens is 257 g/mol. The van der Waals surface area contributed by atoms with E-state index < -0.39 is 0 Å². The molecule has 94 valence electrons. The van der Waals surface area contributed by atoms with Crippen LogP contribution in [0.4, 0.5) is 0 Å². The minimum atomic E-state index is 0.0842. The molecule has 1 saturated heterocycles. The van der Waals surface area contributed by atoms with Crippen LogP contribution >= 0.6 is 23.2 Å². The molecule has 1 aromatic rings. The fraction of sp³-hybridized carbons (Fsp3) is 0.538. The van der Waals surface area contributed by atoms with Crippen molar-refractivity contribution in [1.82, 2.24) is 5.32 Å². The van der Waals surface area contributed by atoms with Crippen molar-refractivity contribution in [3.8, 4) is 0 Å². The van der Waals surface area contributed by atoms with Crippen LogP contribution in [0.2, 0.25) is 10.0 Å². The molecule has 0 bridgehead atoms. The maximum absolute atomic E-state index is 6.24. The summed E-state index contributed by atoms with van der Waals surface area (Å²) >= 11 is 12.2. The lowest BCUT2D eigenvalue weighted by molar-refractivity contribution is -0.0271. The number of hydrogen-bond donors (Lipinski definition) is 1. The van der Waals surface area contributed by atoms with Crippen molar-refractivity contribution < 1.29 is 4.74 Å². The van der Waals surface area contributed by atoms with Crippen LogP contribution in [0.5, 0.6) is 0 Å². The van der Waals surface area contributed by atoms with E-state index in [1.807, 2.05) is 19.2 Å². The van der Waals surface area contributed by atoms with E-state index in [-0.39, 0.29) is 6.10 Å². The van der Waals surface area contributed by atoms with Gasteiger partial charge in [-0.1, -0.05) is 29.3 Å². The van der Waals surface area contributed by atoms with Gasteiger partial charge >= 0.3 is 0 Å². The molecule has 4 heteroatoms. The third kappa shape index (κ3) is 3.14. The lowest BCUT2D eigenvalue weighted by Gasteiger charge is -2.32. The first-order valence-electron chi connectivity index (χ1n) is 5.93. The summed E-state index contributed by atoms with van der Waals surface area (Å²) in [5.41, 5.74) is 1.05. The lowest BCUT2D eigenvalue weighted by atomic mass is 9.89. The highest BCUT2D eigenvalue weighted by molar-refractivity contribution is 6.35. The topological polar surface area (TPSA) is 21.3 Å². The second kappa shape index (κ2) is 6.05. The molecule has 0 aliphatic carbocycles. The van der Waals surface area contributed by atoms with E-state index in [0.29, 0.717) is 16.0 Å². The molecule has 2 atom stereocenters.